The van der Waals surface area contributed by atoms with Crippen LogP contribution in [-0.2, 0) is 0 Å². The summed E-state index contributed by atoms with van der Waals surface area (Å²) >= 11 is 0. The molecule has 0 unspecified atom stereocenters. The molecule has 2 aliphatic heterocycles. The molecule has 4 atom stereocenters. The lowest BCUT2D eigenvalue weighted by Crippen LogP contribution is -2.20. The zero-order valence-corrected chi connectivity index (χ0v) is 9.34. The lowest BCUT2D eigenvalue weighted by molar-refractivity contribution is 0.103. The fraction of sp³-hybridized carbons (Fsp3) is 1.00. The van der Waals surface area contributed by atoms with Crippen molar-refractivity contribution in [3.8, 4) is 0 Å². The van der Waals surface area contributed by atoms with Crippen LogP contribution in [0.1, 0.15) is 0 Å². The predicted molar refractivity (Wildman–Crippen MR) is 58.9 cm³/mol. The second-order valence-corrected chi connectivity index (χ2v) is 4.34. The van der Waals surface area contributed by atoms with Crippen LogP contribution >= 0.6 is 0 Å². The van der Waals surface area contributed by atoms with Crippen LogP contribution in [0, 0.1) is 11.8 Å². The largest absolute Gasteiger partial charge is 0.396 e. The number of hydrogen-bond acceptors (Lipinski definition) is 6. The molecule has 2 rings (SSSR count). The second kappa shape index (κ2) is 7.16. The Labute approximate surface area is 95.3 Å². The lowest BCUT2D eigenvalue weighted by Gasteiger charge is -2.06. The van der Waals surface area contributed by atoms with Gasteiger partial charge in [-0.15, -0.1) is 0 Å². The van der Waals surface area contributed by atoms with Crippen LogP contribution in [0.15, 0.2) is 0 Å². The molecule has 6 nitrogen and oxygen atoms in total. The molecule has 16 heavy (non-hydrogen) atoms. The minimum atomic E-state index is -0.333. The molecule has 6 heteroatoms. The Hall–Kier alpha value is -0.240. The van der Waals surface area contributed by atoms with Crippen molar-refractivity contribution >= 4 is 0 Å². The number of hydrogen-bond donors (Lipinski definition) is 6. The average molecular weight is 234 g/mol. The lowest BCUT2D eigenvalue weighted by atomic mass is 10.1. The van der Waals surface area contributed by atoms with E-state index >= 15 is 0 Å². The van der Waals surface area contributed by atoms with Crippen LogP contribution in [0.4, 0.5) is 0 Å². The van der Waals surface area contributed by atoms with E-state index in [0.717, 1.165) is 13.1 Å². The summed E-state index contributed by atoms with van der Waals surface area (Å²) in [7, 11) is 0. The molecule has 2 heterocycles. The van der Waals surface area contributed by atoms with E-state index in [2.05, 4.69) is 10.6 Å². The Balaban J connectivity index is 0.000000160. The molecular weight excluding hydrogens is 212 g/mol. The Morgan fingerprint density at radius 3 is 1.25 bits per heavy atom. The Bertz CT molecular complexity index is 174. The van der Waals surface area contributed by atoms with Gasteiger partial charge < -0.3 is 31.1 Å². The first-order valence-electron chi connectivity index (χ1n) is 5.68. The van der Waals surface area contributed by atoms with E-state index in [-0.39, 0.29) is 37.3 Å². The summed E-state index contributed by atoms with van der Waals surface area (Å²) < 4.78 is 0. The molecule has 0 saturated carbocycles. The molecule has 0 spiro atoms. The normalized spacial score (nSPS) is 38.2. The molecule has 2 aliphatic rings. The highest BCUT2D eigenvalue weighted by molar-refractivity contribution is 4.79. The van der Waals surface area contributed by atoms with Gasteiger partial charge in [0, 0.05) is 51.2 Å². The molecule has 0 amide bonds. The molecule has 96 valence electrons. The van der Waals surface area contributed by atoms with Gasteiger partial charge in [0.1, 0.15) is 0 Å². The maximum absolute atomic E-state index is 8.97. The Kier molecular flexibility index (Phi) is 6.18. The van der Waals surface area contributed by atoms with Gasteiger partial charge in [-0.25, -0.2) is 0 Å². The van der Waals surface area contributed by atoms with Crippen LogP contribution in [-0.4, -0.2) is 72.0 Å². The number of nitrogens with one attached hydrogen (secondary N) is 2. The molecule has 0 bridgehead atoms. The molecule has 0 aromatic rings. The van der Waals surface area contributed by atoms with Crippen molar-refractivity contribution in [3.05, 3.63) is 0 Å². The highest BCUT2D eigenvalue weighted by Gasteiger charge is 2.23. The van der Waals surface area contributed by atoms with Gasteiger partial charge in [-0.3, -0.25) is 0 Å². The molecule has 2 saturated heterocycles. The van der Waals surface area contributed by atoms with Crippen LogP contribution in [0.25, 0.3) is 0 Å². The third kappa shape index (κ3) is 3.97. The van der Waals surface area contributed by atoms with Gasteiger partial charge in [0.05, 0.1) is 12.2 Å². The SMILES string of the molecule is OC[C@@H]1CNC[C@H]1O.OC[C@H]1CNC[C@@H]1O. The molecule has 0 aromatic carbocycles. The monoisotopic (exact) mass is 234 g/mol. The first-order chi connectivity index (χ1) is 7.69. The van der Waals surface area contributed by atoms with E-state index < -0.39 is 0 Å². The van der Waals surface area contributed by atoms with Crippen molar-refractivity contribution in [1.29, 1.82) is 0 Å². The van der Waals surface area contributed by atoms with Crippen LogP contribution in [0.5, 0.6) is 0 Å². The fourth-order valence-corrected chi connectivity index (χ4v) is 1.81. The van der Waals surface area contributed by atoms with Crippen molar-refractivity contribution in [3.63, 3.8) is 0 Å². The predicted octanol–water partition coefficient (Wildman–Crippen LogP) is -2.88. The zero-order chi connectivity index (χ0) is 12.0. The van der Waals surface area contributed by atoms with E-state index in [1.54, 1.807) is 0 Å². The Morgan fingerprint density at radius 1 is 0.750 bits per heavy atom. The summed E-state index contributed by atoms with van der Waals surface area (Å²) in [5, 5.41) is 40.9. The smallest absolute Gasteiger partial charge is 0.0726 e. The van der Waals surface area contributed by atoms with Gasteiger partial charge in [-0.1, -0.05) is 0 Å². The molecule has 0 aromatic heterocycles. The maximum atomic E-state index is 8.97. The van der Waals surface area contributed by atoms with Gasteiger partial charge in [-0.05, 0) is 0 Å². The molecule has 6 N–H and O–H groups in total. The van der Waals surface area contributed by atoms with Crippen molar-refractivity contribution in [2.24, 2.45) is 11.8 Å². The fourth-order valence-electron chi connectivity index (χ4n) is 1.81. The summed E-state index contributed by atoms with van der Waals surface area (Å²) in [6, 6.07) is 0. The first-order valence-corrected chi connectivity index (χ1v) is 5.68. The third-order valence-electron chi connectivity index (χ3n) is 3.08. The number of rotatable bonds is 2. The highest BCUT2D eigenvalue weighted by Crippen LogP contribution is 2.06. The minimum Gasteiger partial charge on any atom is -0.396 e. The minimum absolute atomic E-state index is 0.0648. The van der Waals surface area contributed by atoms with Crippen molar-refractivity contribution in [1.82, 2.24) is 10.6 Å². The number of β-amino-alcohol motifs (C(OH)–C–C–N with tert-alkyl or cyclic N) is 2. The molecule has 0 aliphatic carbocycles. The highest BCUT2D eigenvalue weighted by atomic mass is 16.3. The van der Waals surface area contributed by atoms with E-state index in [0.29, 0.717) is 13.1 Å². The topological polar surface area (TPSA) is 105 Å². The van der Waals surface area contributed by atoms with Crippen molar-refractivity contribution in [2.75, 3.05) is 39.4 Å². The summed E-state index contributed by atoms with van der Waals surface area (Å²) in [5.41, 5.74) is 0. The number of aliphatic hydroxyl groups is 4. The quantitative estimate of drug-likeness (QED) is 0.307. The van der Waals surface area contributed by atoms with E-state index in [9.17, 15) is 0 Å². The summed E-state index contributed by atoms with van der Waals surface area (Å²) in [6.07, 6.45) is -0.667. The first kappa shape index (κ1) is 13.8. The van der Waals surface area contributed by atoms with E-state index in [4.69, 9.17) is 20.4 Å². The van der Waals surface area contributed by atoms with E-state index in [1.165, 1.54) is 0 Å². The van der Waals surface area contributed by atoms with Gasteiger partial charge in [-0.2, -0.15) is 0 Å². The molecule has 2 fully saturated rings. The summed E-state index contributed by atoms with van der Waals surface area (Å²) in [5.74, 6) is 0.130. The third-order valence-corrected chi connectivity index (χ3v) is 3.08. The van der Waals surface area contributed by atoms with Gasteiger partial charge in [0.15, 0.2) is 0 Å². The van der Waals surface area contributed by atoms with Gasteiger partial charge in [0.2, 0.25) is 0 Å². The van der Waals surface area contributed by atoms with Crippen LogP contribution in [0.3, 0.4) is 0 Å². The Morgan fingerprint density at radius 2 is 1.12 bits per heavy atom. The summed E-state index contributed by atoms with van der Waals surface area (Å²) in [6.45, 7) is 2.94. The second-order valence-electron chi connectivity index (χ2n) is 4.34. The maximum Gasteiger partial charge on any atom is 0.0726 e. The number of aliphatic hydroxyl groups excluding tert-OH is 4. The van der Waals surface area contributed by atoms with Gasteiger partial charge in [0.25, 0.3) is 0 Å². The van der Waals surface area contributed by atoms with Crippen molar-refractivity contribution < 1.29 is 20.4 Å². The average Bonchev–Trinajstić information content (AvgIpc) is 2.87. The van der Waals surface area contributed by atoms with Crippen LogP contribution < -0.4 is 10.6 Å². The standard InChI is InChI=1S/2C5H11NO2/c2*7-3-4-1-6-2-5(4)8/h2*4-8H,1-3H2/t2*4-,5+/m10/s1. The van der Waals surface area contributed by atoms with E-state index in [1.807, 2.05) is 0 Å². The summed E-state index contributed by atoms with van der Waals surface area (Å²) in [4.78, 5) is 0. The van der Waals surface area contributed by atoms with Crippen molar-refractivity contribution in [2.45, 2.75) is 12.2 Å². The van der Waals surface area contributed by atoms with Crippen LogP contribution in [0.2, 0.25) is 0 Å². The molecule has 0 radical (unpaired) electrons. The van der Waals surface area contributed by atoms with Gasteiger partial charge >= 0.3 is 0 Å². The molecular formula is C10H22N2O4. The zero-order valence-electron chi connectivity index (χ0n) is 9.34.